The molecule has 1 unspecified atom stereocenters. The van der Waals surface area contributed by atoms with E-state index < -0.39 is 11.7 Å². The van der Waals surface area contributed by atoms with Gasteiger partial charge in [-0.05, 0) is 26.8 Å². The van der Waals surface area contributed by atoms with Crippen LogP contribution < -0.4 is 4.74 Å². The maximum atomic E-state index is 12.5. The number of para-hydroxylation sites is 1. The number of fused-ring (bicyclic) bond motifs is 4. The summed E-state index contributed by atoms with van der Waals surface area (Å²) in [7, 11) is 0. The summed E-state index contributed by atoms with van der Waals surface area (Å²) in [6.45, 7) is 5.39. The zero-order chi connectivity index (χ0) is 15.2. The third kappa shape index (κ3) is 2.46. The molecule has 1 N–H and O–H groups in total. The molecule has 1 aromatic rings. The number of hydrogen-bond donors (Lipinski definition) is 1. The van der Waals surface area contributed by atoms with Gasteiger partial charge in [0.1, 0.15) is 17.5 Å². The maximum Gasteiger partial charge on any atom is 0.411 e. The lowest BCUT2D eigenvalue weighted by Crippen LogP contribution is -2.45. The van der Waals surface area contributed by atoms with Crippen molar-refractivity contribution in [2.45, 2.75) is 51.0 Å². The Bertz CT molecular complexity index is 551. The second kappa shape index (κ2) is 4.91. The van der Waals surface area contributed by atoms with Gasteiger partial charge in [0, 0.05) is 12.0 Å². The molecule has 5 nitrogen and oxygen atoms in total. The largest absolute Gasteiger partial charge is 0.488 e. The fourth-order valence-corrected chi connectivity index (χ4v) is 3.11. The van der Waals surface area contributed by atoms with Crippen molar-refractivity contribution in [3.05, 3.63) is 29.8 Å². The van der Waals surface area contributed by atoms with E-state index in [-0.39, 0.29) is 24.8 Å². The summed E-state index contributed by atoms with van der Waals surface area (Å²) >= 11 is 0. The van der Waals surface area contributed by atoms with Crippen LogP contribution in [-0.4, -0.2) is 40.5 Å². The number of carbonyl (C=O) groups excluding carboxylic acids is 1. The lowest BCUT2D eigenvalue weighted by molar-refractivity contribution is 0.00456. The SMILES string of the molecule is CC(C)(C)OC(=O)N1C(CO)[C@@H]2C[C@H]1c1ccccc1O2. The summed E-state index contributed by atoms with van der Waals surface area (Å²) in [5.74, 6) is 0.795. The van der Waals surface area contributed by atoms with Crippen LogP contribution >= 0.6 is 0 Å². The van der Waals surface area contributed by atoms with Crippen molar-refractivity contribution in [1.29, 1.82) is 0 Å². The van der Waals surface area contributed by atoms with Gasteiger partial charge in [0.2, 0.25) is 0 Å². The van der Waals surface area contributed by atoms with Crippen LogP contribution in [0.15, 0.2) is 24.3 Å². The first kappa shape index (κ1) is 14.2. The molecular formula is C16H21NO4. The summed E-state index contributed by atoms with van der Waals surface area (Å²) in [5.41, 5.74) is 0.421. The van der Waals surface area contributed by atoms with Gasteiger partial charge in [-0.3, -0.25) is 4.90 Å². The molecule has 1 amide bonds. The third-order valence-corrected chi connectivity index (χ3v) is 3.93. The van der Waals surface area contributed by atoms with Gasteiger partial charge in [0.05, 0.1) is 18.7 Å². The lowest BCUT2D eigenvalue weighted by Gasteiger charge is -2.31. The summed E-state index contributed by atoms with van der Waals surface area (Å²) < 4.78 is 11.4. The van der Waals surface area contributed by atoms with E-state index in [1.807, 2.05) is 45.0 Å². The highest BCUT2D eigenvalue weighted by atomic mass is 16.6. The van der Waals surface area contributed by atoms with Crippen molar-refractivity contribution >= 4 is 6.09 Å². The predicted octanol–water partition coefficient (Wildman–Crippen LogP) is 2.49. The van der Waals surface area contributed by atoms with Crippen LogP contribution in [0.3, 0.4) is 0 Å². The average molecular weight is 291 g/mol. The highest BCUT2D eigenvalue weighted by Crippen LogP contribution is 2.46. The zero-order valence-corrected chi connectivity index (χ0v) is 12.6. The number of carbonyl (C=O) groups is 1. The van der Waals surface area contributed by atoms with Gasteiger partial charge in [-0.25, -0.2) is 4.79 Å². The van der Waals surface area contributed by atoms with Gasteiger partial charge >= 0.3 is 6.09 Å². The minimum atomic E-state index is -0.561. The Morgan fingerprint density at radius 1 is 1.43 bits per heavy atom. The number of aliphatic hydroxyl groups is 1. The normalized spacial score (nSPS) is 27.0. The van der Waals surface area contributed by atoms with Crippen LogP contribution in [0, 0.1) is 0 Å². The Kier molecular flexibility index (Phi) is 3.32. The smallest absolute Gasteiger partial charge is 0.411 e. The number of benzene rings is 1. The summed E-state index contributed by atoms with van der Waals surface area (Å²) in [5, 5.41) is 9.68. The second-order valence-corrected chi connectivity index (χ2v) is 6.58. The van der Waals surface area contributed by atoms with E-state index in [9.17, 15) is 9.90 Å². The molecule has 0 aliphatic carbocycles. The van der Waals surface area contributed by atoms with Crippen LogP contribution in [0.4, 0.5) is 4.79 Å². The monoisotopic (exact) mass is 291 g/mol. The number of amides is 1. The lowest BCUT2D eigenvalue weighted by atomic mass is 9.99. The minimum absolute atomic E-state index is 0.0908. The Balaban J connectivity index is 1.94. The second-order valence-electron chi connectivity index (χ2n) is 6.58. The zero-order valence-electron chi connectivity index (χ0n) is 12.6. The molecule has 2 aliphatic heterocycles. The summed E-state index contributed by atoms with van der Waals surface area (Å²) in [6, 6.07) is 7.26. The Labute approximate surface area is 124 Å². The molecule has 0 saturated carbocycles. The Morgan fingerprint density at radius 2 is 2.14 bits per heavy atom. The van der Waals surface area contributed by atoms with Crippen molar-refractivity contribution < 1.29 is 19.4 Å². The fourth-order valence-electron chi connectivity index (χ4n) is 3.11. The molecule has 0 spiro atoms. The van der Waals surface area contributed by atoms with Crippen molar-refractivity contribution in [3.63, 3.8) is 0 Å². The van der Waals surface area contributed by atoms with Gasteiger partial charge in [0.25, 0.3) is 0 Å². The average Bonchev–Trinajstić information content (AvgIpc) is 2.70. The van der Waals surface area contributed by atoms with Crippen molar-refractivity contribution in [2.75, 3.05) is 6.61 Å². The number of aliphatic hydroxyl groups excluding tert-OH is 1. The third-order valence-electron chi connectivity index (χ3n) is 3.93. The molecule has 21 heavy (non-hydrogen) atoms. The number of nitrogens with zero attached hydrogens (tertiary/aromatic N) is 1. The molecule has 3 atom stereocenters. The van der Waals surface area contributed by atoms with E-state index in [1.165, 1.54) is 0 Å². The summed E-state index contributed by atoms with van der Waals surface area (Å²) in [4.78, 5) is 14.2. The molecule has 2 bridgehead atoms. The Morgan fingerprint density at radius 3 is 2.81 bits per heavy atom. The molecule has 1 aromatic carbocycles. The van der Waals surface area contributed by atoms with Crippen molar-refractivity contribution in [2.24, 2.45) is 0 Å². The highest BCUT2D eigenvalue weighted by molar-refractivity contribution is 5.70. The highest BCUT2D eigenvalue weighted by Gasteiger charge is 2.50. The minimum Gasteiger partial charge on any atom is -0.488 e. The first-order valence-electron chi connectivity index (χ1n) is 7.28. The molecule has 0 radical (unpaired) electrons. The maximum absolute atomic E-state index is 12.5. The molecule has 0 aromatic heterocycles. The molecule has 2 heterocycles. The quantitative estimate of drug-likeness (QED) is 0.863. The molecule has 3 rings (SSSR count). The van der Waals surface area contributed by atoms with Crippen LogP contribution in [0.2, 0.25) is 0 Å². The van der Waals surface area contributed by atoms with Gasteiger partial charge in [-0.15, -0.1) is 0 Å². The Hall–Kier alpha value is -1.75. The molecule has 1 fully saturated rings. The number of likely N-dealkylation sites (tertiary alicyclic amines) is 1. The standard InChI is InChI=1S/C16H21NO4/c1-16(2,3)21-15(19)17-11-8-14(12(17)9-18)20-13-7-5-4-6-10(11)13/h4-7,11-12,14,18H,8-9H2,1-3H3/t11-,12?,14-/m0/s1. The van der Waals surface area contributed by atoms with Crippen LogP contribution in [0.5, 0.6) is 5.75 Å². The van der Waals surface area contributed by atoms with Crippen LogP contribution in [0.1, 0.15) is 38.8 Å². The van der Waals surface area contributed by atoms with E-state index in [2.05, 4.69) is 0 Å². The topological polar surface area (TPSA) is 59.0 Å². The summed E-state index contributed by atoms with van der Waals surface area (Å²) in [6.07, 6.45) is 0.123. The number of ether oxygens (including phenoxy) is 2. The van der Waals surface area contributed by atoms with Gasteiger partial charge in [0.15, 0.2) is 0 Å². The molecule has 2 aliphatic rings. The molecule has 1 saturated heterocycles. The predicted molar refractivity (Wildman–Crippen MR) is 77.2 cm³/mol. The molecule has 5 heteroatoms. The molecule has 114 valence electrons. The van der Waals surface area contributed by atoms with Crippen molar-refractivity contribution in [3.8, 4) is 5.75 Å². The van der Waals surface area contributed by atoms with E-state index in [4.69, 9.17) is 9.47 Å². The van der Waals surface area contributed by atoms with Gasteiger partial charge in [-0.2, -0.15) is 0 Å². The number of rotatable bonds is 1. The van der Waals surface area contributed by atoms with Crippen LogP contribution in [-0.2, 0) is 4.74 Å². The van der Waals surface area contributed by atoms with E-state index in [0.29, 0.717) is 6.42 Å². The van der Waals surface area contributed by atoms with E-state index >= 15 is 0 Å². The van der Waals surface area contributed by atoms with E-state index in [0.717, 1.165) is 11.3 Å². The van der Waals surface area contributed by atoms with Gasteiger partial charge in [-0.1, -0.05) is 18.2 Å². The van der Waals surface area contributed by atoms with Crippen molar-refractivity contribution in [1.82, 2.24) is 4.90 Å². The molecular weight excluding hydrogens is 270 g/mol. The van der Waals surface area contributed by atoms with Gasteiger partial charge < -0.3 is 14.6 Å². The first-order valence-corrected chi connectivity index (χ1v) is 7.28. The number of hydrogen-bond acceptors (Lipinski definition) is 4. The van der Waals surface area contributed by atoms with Crippen LogP contribution in [0.25, 0.3) is 0 Å². The van der Waals surface area contributed by atoms with E-state index in [1.54, 1.807) is 4.90 Å². The fraction of sp³-hybridized carbons (Fsp3) is 0.562. The first-order chi connectivity index (χ1) is 9.90.